The van der Waals surface area contributed by atoms with Crippen molar-refractivity contribution in [3.63, 3.8) is 0 Å². The summed E-state index contributed by atoms with van der Waals surface area (Å²) in [6, 6.07) is 10.0. The van der Waals surface area contributed by atoms with E-state index in [0.717, 1.165) is 30.8 Å². The fourth-order valence-corrected chi connectivity index (χ4v) is 4.23. The smallest absolute Gasteiger partial charge is 0.248 e. The van der Waals surface area contributed by atoms with Crippen molar-refractivity contribution in [1.82, 2.24) is 10.6 Å². The minimum Gasteiger partial charge on any atom is -0.392 e. The van der Waals surface area contributed by atoms with E-state index in [-0.39, 0.29) is 17.9 Å². The highest BCUT2D eigenvalue weighted by atomic mass is 32.2. The van der Waals surface area contributed by atoms with Gasteiger partial charge in [0.15, 0.2) is 4.87 Å². The van der Waals surface area contributed by atoms with E-state index in [9.17, 15) is 9.90 Å². The number of aliphatic hydroxyl groups excluding tert-OH is 1. The number of benzene rings is 1. The number of rotatable bonds is 8. The van der Waals surface area contributed by atoms with Crippen LogP contribution in [0.3, 0.4) is 0 Å². The number of carbonyl (C=O) groups is 1. The summed E-state index contributed by atoms with van der Waals surface area (Å²) in [4.78, 5) is 11.4. The molecule has 1 fully saturated rings. The molecule has 5 nitrogen and oxygen atoms in total. The van der Waals surface area contributed by atoms with Gasteiger partial charge in [0.1, 0.15) is 0 Å². The summed E-state index contributed by atoms with van der Waals surface area (Å²) in [6.07, 6.45) is 0.402. The summed E-state index contributed by atoms with van der Waals surface area (Å²) in [6.45, 7) is 3.81. The maximum Gasteiger partial charge on any atom is 0.248 e. The largest absolute Gasteiger partial charge is 0.392 e. The number of amides is 1. The highest BCUT2D eigenvalue weighted by Gasteiger charge is 2.47. The number of thioether (sulfide) groups is 1. The molecule has 2 rings (SSSR count). The van der Waals surface area contributed by atoms with E-state index < -0.39 is 4.87 Å². The summed E-state index contributed by atoms with van der Waals surface area (Å²) in [5.74, 6) is 0.576. The molecule has 5 N–H and O–H groups in total. The first-order valence-electron chi connectivity index (χ1n) is 7.69. The van der Waals surface area contributed by atoms with Crippen LogP contribution in [0.1, 0.15) is 24.8 Å². The number of hydrogen-bond acceptors (Lipinski definition) is 5. The molecule has 0 aliphatic carbocycles. The molecule has 0 radical (unpaired) electrons. The van der Waals surface area contributed by atoms with Crippen molar-refractivity contribution in [3.8, 4) is 0 Å². The van der Waals surface area contributed by atoms with E-state index >= 15 is 0 Å². The number of nitrogens with one attached hydrogen (secondary N) is 2. The third-order valence-electron chi connectivity index (χ3n) is 3.93. The van der Waals surface area contributed by atoms with E-state index in [0.29, 0.717) is 6.54 Å². The van der Waals surface area contributed by atoms with Gasteiger partial charge in [0.25, 0.3) is 0 Å². The molecule has 0 aromatic heterocycles. The van der Waals surface area contributed by atoms with E-state index in [1.54, 1.807) is 18.7 Å². The Bertz CT molecular complexity index is 476. The molecular formula is C16H25N3O2S. The maximum atomic E-state index is 12.2. The van der Waals surface area contributed by atoms with E-state index in [4.69, 9.17) is 5.73 Å². The second kappa shape index (κ2) is 7.97. The molecule has 1 saturated heterocycles. The average Bonchev–Trinajstić information content (AvgIpc) is 2.98. The molecule has 122 valence electrons. The number of hydrogen-bond donors (Lipinski definition) is 4. The van der Waals surface area contributed by atoms with Crippen molar-refractivity contribution in [3.05, 3.63) is 35.9 Å². The Hall–Kier alpha value is -1.08. The van der Waals surface area contributed by atoms with Gasteiger partial charge in [-0.2, -0.15) is 0 Å². The quantitative estimate of drug-likeness (QED) is 0.528. The molecule has 1 aliphatic rings. The van der Waals surface area contributed by atoms with Crippen LogP contribution in [0.15, 0.2) is 30.3 Å². The molecule has 22 heavy (non-hydrogen) atoms. The van der Waals surface area contributed by atoms with Gasteiger partial charge in [-0.3, -0.25) is 10.1 Å². The summed E-state index contributed by atoms with van der Waals surface area (Å²) < 4.78 is 0. The van der Waals surface area contributed by atoms with Crippen molar-refractivity contribution in [2.45, 2.75) is 30.2 Å². The summed E-state index contributed by atoms with van der Waals surface area (Å²) in [5, 5.41) is 15.9. The second-order valence-corrected chi connectivity index (χ2v) is 7.02. The minimum absolute atomic E-state index is 0.000184. The Morgan fingerprint density at radius 3 is 2.77 bits per heavy atom. The molecule has 3 atom stereocenters. The predicted octanol–water partition coefficient (Wildman–Crippen LogP) is 0.649. The molecule has 3 unspecified atom stereocenters. The van der Waals surface area contributed by atoms with Crippen LogP contribution in [0, 0.1) is 0 Å². The van der Waals surface area contributed by atoms with E-state index in [1.165, 1.54) is 0 Å². The Balaban J connectivity index is 2.16. The van der Waals surface area contributed by atoms with Crippen LogP contribution in [0.25, 0.3) is 0 Å². The number of aliphatic hydroxyl groups is 1. The summed E-state index contributed by atoms with van der Waals surface area (Å²) in [7, 11) is 0. The van der Waals surface area contributed by atoms with Gasteiger partial charge in [0, 0.05) is 24.8 Å². The zero-order valence-electron chi connectivity index (χ0n) is 12.9. The normalized spacial score (nSPS) is 24.1. The molecule has 0 bridgehead atoms. The average molecular weight is 323 g/mol. The van der Waals surface area contributed by atoms with E-state index in [2.05, 4.69) is 10.6 Å². The summed E-state index contributed by atoms with van der Waals surface area (Å²) in [5.41, 5.74) is 6.85. The fourth-order valence-electron chi connectivity index (χ4n) is 2.90. The first kappa shape index (κ1) is 17.3. The van der Waals surface area contributed by atoms with Gasteiger partial charge in [0.2, 0.25) is 5.91 Å². The topological polar surface area (TPSA) is 87.4 Å². The standard InChI is InChI=1S/C16H25N3O2S/c1-12(20)11-18-8-7-14(13-5-3-2-4-6-13)16(15(17)21)19-9-10-22-16/h2-6,12,14,18-20H,7-11H2,1H3,(H2,17,21). The number of carbonyl (C=O) groups excluding carboxylic acids is 1. The zero-order valence-corrected chi connectivity index (χ0v) is 13.7. The van der Waals surface area contributed by atoms with Crippen molar-refractivity contribution in [2.75, 3.05) is 25.4 Å². The molecule has 0 saturated carbocycles. The number of primary amides is 1. The van der Waals surface area contributed by atoms with Gasteiger partial charge in [-0.25, -0.2) is 0 Å². The van der Waals surface area contributed by atoms with Crippen LogP contribution >= 0.6 is 11.8 Å². The van der Waals surface area contributed by atoms with Crippen LogP contribution in [0.2, 0.25) is 0 Å². The van der Waals surface area contributed by atoms with Gasteiger partial charge in [-0.05, 0) is 25.5 Å². The minimum atomic E-state index is -0.742. The van der Waals surface area contributed by atoms with Gasteiger partial charge in [-0.1, -0.05) is 30.3 Å². The molecule has 1 heterocycles. The highest BCUT2D eigenvalue weighted by Crippen LogP contribution is 2.42. The zero-order chi connectivity index (χ0) is 16.0. The van der Waals surface area contributed by atoms with Crippen LogP contribution in [0.5, 0.6) is 0 Å². The van der Waals surface area contributed by atoms with E-state index in [1.807, 2.05) is 30.3 Å². The van der Waals surface area contributed by atoms with Gasteiger partial charge in [-0.15, -0.1) is 11.8 Å². The highest BCUT2D eigenvalue weighted by molar-refractivity contribution is 8.01. The predicted molar refractivity (Wildman–Crippen MR) is 90.7 cm³/mol. The maximum absolute atomic E-state index is 12.2. The lowest BCUT2D eigenvalue weighted by Gasteiger charge is -2.34. The third kappa shape index (κ3) is 4.01. The first-order chi connectivity index (χ1) is 10.6. The molecule has 1 amide bonds. The molecular weight excluding hydrogens is 298 g/mol. The molecule has 6 heteroatoms. The van der Waals surface area contributed by atoms with Crippen molar-refractivity contribution >= 4 is 17.7 Å². The lowest BCUT2D eigenvalue weighted by Crippen LogP contribution is -2.54. The Labute approximate surface area is 136 Å². The van der Waals surface area contributed by atoms with Gasteiger partial charge < -0.3 is 16.2 Å². The van der Waals surface area contributed by atoms with Crippen LogP contribution in [-0.4, -0.2) is 47.4 Å². The second-order valence-electron chi connectivity index (χ2n) is 5.68. The SMILES string of the molecule is CC(O)CNCCC(c1ccccc1)C1(C(N)=O)NCCS1. The Morgan fingerprint density at radius 1 is 1.50 bits per heavy atom. The lowest BCUT2D eigenvalue weighted by molar-refractivity contribution is -0.121. The van der Waals surface area contributed by atoms with Gasteiger partial charge >= 0.3 is 0 Å². The Kier molecular flexibility index (Phi) is 6.26. The van der Waals surface area contributed by atoms with Crippen LogP contribution in [0.4, 0.5) is 0 Å². The van der Waals surface area contributed by atoms with Crippen LogP contribution < -0.4 is 16.4 Å². The number of nitrogens with two attached hydrogens (primary N) is 1. The molecule has 0 spiro atoms. The summed E-state index contributed by atoms with van der Waals surface area (Å²) >= 11 is 1.60. The van der Waals surface area contributed by atoms with Crippen molar-refractivity contribution in [2.24, 2.45) is 5.73 Å². The van der Waals surface area contributed by atoms with Crippen molar-refractivity contribution in [1.29, 1.82) is 0 Å². The first-order valence-corrected chi connectivity index (χ1v) is 8.67. The van der Waals surface area contributed by atoms with Crippen molar-refractivity contribution < 1.29 is 9.90 Å². The fraction of sp³-hybridized carbons (Fsp3) is 0.562. The lowest BCUT2D eigenvalue weighted by atomic mass is 9.87. The molecule has 1 aliphatic heterocycles. The van der Waals surface area contributed by atoms with Crippen LogP contribution in [-0.2, 0) is 4.79 Å². The monoisotopic (exact) mass is 323 g/mol. The molecule has 1 aromatic carbocycles. The van der Waals surface area contributed by atoms with Gasteiger partial charge in [0.05, 0.1) is 6.10 Å². The molecule has 1 aromatic rings. The third-order valence-corrected chi connectivity index (χ3v) is 5.42. The Morgan fingerprint density at radius 2 is 2.23 bits per heavy atom.